The predicted octanol–water partition coefficient (Wildman–Crippen LogP) is 2.99. The summed E-state index contributed by atoms with van der Waals surface area (Å²) in [5.41, 5.74) is 2.96. The molecule has 0 saturated heterocycles. The third-order valence-electron chi connectivity index (χ3n) is 3.79. The zero-order valence-electron chi connectivity index (χ0n) is 12.7. The molecular formula is C16H18N6. The number of aryl methyl sites for hydroxylation is 2. The van der Waals surface area contributed by atoms with E-state index in [2.05, 4.69) is 25.6 Å². The van der Waals surface area contributed by atoms with Gasteiger partial charge in [0.25, 0.3) is 0 Å². The minimum absolute atomic E-state index is 0.567. The van der Waals surface area contributed by atoms with E-state index in [0.29, 0.717) is 12.0 Å². The number of nitrogens with zero attached hydrogens (tertiary/aromatic N) is 4. The van der Waals surface area contributed by atoms with Crippen LogP contribution in [0, 0.1) is 6.92 Å². The predicted molar refractivity (Wildman–Crippen MR) is 87.4 cm³/mol. The van der Waals surface area contributed by atoms with Gasteiger partial charge in [-0.15, -0.1) is 0 Å². The molecule has 6 nitrogen and oxygen atoms in total. The molecule has 0 amide bonds. The fourth-order valence-electron chi connectivity index (χ4n) is 2.49. The Morgan fingerprint density at radius 2 is 1.95 bits per heavy atom. The van der Waals surface area contributed by atoms with Gasteiger partial charge in [0.05, 0.1) is 11.0 Å². The Hall–Kier alpha value is -2.63. The van der Waals surface area contributed by atoms with Crippen LogP contribution < -0.4 is 10.6 Å². The van der Waals surface area contributed by atoms with Crippen LogP contribution in [0.3, 0.4) is 0 Å². The lowest BCUT2D eigenvalue weighted by atomic mass is 10.3. The maximum atomic E-state index is 4.59. The molecule has 1 fully saturated rings. The van der Waals surface area contributed by atoms with Crippen LogP contribution in [0.15, 0.2) is 30.3 Å². The number of nitrogens with one attached hydrogen (secondary N) is 2. The van der Waals surface area contributed by atoms with Crippen LogP contribution in [-0.4, -0.2) is 25.6 Å². The summed E-state index contributed by atoms with van der Waals surface area (Å²) in [7, 11) is 1.98. The van der Waals surface area contributed by atoms with Gasteiger partial charge >= 0.3 is 0 Å². The van der Waals surface area contributed by atoms with Crippen molar-refractivity contribution in [3.63, 3.8) is 0 Å². The van der Waals surface area contributed by atoms with E-state index < -0.39 is 0 Å². The van der Waals surface area contributed by atoms with Crippen molar-refractivity contribution in [2.24, 2.45) is 7.05 Å². The zero-order valence-corrected chi connectivity index (χ0v) is 12.7. The monoisotopic (exact) mass is 294 g/mol. The summed E-state index contributed by atoms with van der Waals surface area (Å²) in [6.07, 6.45) is 2.44. The summed E-state index contributed by atoms with van der Waals surface area (Å²) < 4.78 is 2.01. The highest BCUT2D eigenvalue weighted by Crippen LogP contribution is 2.25. The molecule has 3 aromatic rings. The van der Waals surface area contributed by atoms with Crippen LogP contribution in [0.5, 0.6) is 0 Å². The van der Waals surface area contributed by atoms with Gasteiger partial charge in [-0.3, -0.25) is 5.32 Å². The van der Waals surface area contributed by atoms with E-state index in [1.165, 1.54) is 12.8 Å². The number of anilines is 3. The Balaban J connectivity index is 1.66. The van der Waals surface area contributed by atoms with Crippen molar-refractivity contribution in [2.75, 3.05) is 10.6 Å². The standard InChI is InChI=1S/C16H18N6/c1-10-9-14(18-11-7-8-11)20-15(17-10)21-16-19-12-5-3-4-6-13(12)22(16)2/h3-6,9,11H,7-8H2,1-2H3,(H2,17,18,19,20,21). The summed E-state index contributed by atoms with van der Waals surface area (Å²) in [6, 6.07) is 10.6. The van der Waals surface area contributed by atoms with Gasteiger partial charge in [-0.25, -0.2) is 9.97 Å². The number of rotatable bonds is 4. The third-order valence-corrected chi connectivity index (χ3v) is 3.79. The molecule has 0 aliphatic heterocycles. The van der Waals surface area contributed by atoms with Crippen molar-refractivity contribution in [2.45, 2.75) is 25.8 Å². The largest absolute Gasteiger partial charge is 0.367 e. The highest BCUT2D eigenvalue weighted by Gasteiger charge is 2.21. The number of hydrogen-bond acceptors (Lipinski definition) is 5. The summed E-state index contributed by atoms with van der Waals surface area (Å²) in [4.78, 5) is 13.6. The quantitative estimate of drug-likeness (QED) is 0.774. The first-order valence-corrected chi connectivity index (χ1v) is 7.50. The lowest BCUT2D eigenvalue weighted by Crippen LogP contribution is -2.08. The van der Waals surface area contributed by atoms with E-state index in [-0.39, 0.29) is 0 Å². The molecule has 2 aromatic heterocycles. The van der Waals surface area contributed by atoms with Crippen LogP contribution in [0.25, 0.3) is 11.0 Å². The third kappa shape index (κ3) is 2.47. The topological polar surface area (TPSA) is 67.7 Å². The molecule has 112 valence electrons. The average Bonchev–Trinajstić information content (AvgIpc) is 3.24. The molecular weight excluding hydrogens is 276 g/mol. The summed E-state index contributed by atoms with van der Waals surface area (Å²) in [5, 5.41) is 6.63. The molecule has 1 aliphatic rings. The molecule has 1 saturated carbocycles. The first kappa shape index (κ1) is 13.1. The number of benzene rings is 1. The minimum atomic E-state index is 0.567. The highest BCUT2D eigenvalue weighted by molar-refractivity contribution is 5.79. The lowest BCUT2D eigenvalue weighted by Gasteiger charge is -2.09. The van der Waals surface area contributed by atoms with Crippen LogP contribution in [0.1, 0.15) is 18.5 Å². The van der Waals surface area contributed by atoms with Crippen molar-refractivity contribution in [3.05, 3.63) is 36.0 Å². The van der Waals surface area contributed by atoms with Gasteiger partial charge in [-0.05, 0) is 31.9 Å². The molecule has 1 aliphatic carbocycles. The molecule has 0 radical (unpaired) electrons. The Labute approximate surface area is 128 Å². The molecule has 0 unspecified atom stereocenters. The average molecular weight is 294 g/mol. The second-order valence-electron chi connectivity index (χ2n) is 5.74. The Bertz CT molecular complexity index is 834. The minimum Gasteiger partial charge on any atom is -0.367 e. The maximum absolute atomic E-state index is 4.59. The van der Waals surface area contributed by atoms with Crippen LogP contribution in [0.2, 0.25) is 0 Å². The van der Waals surface area contributed by atoms with Crippen molar-refractivity contribution in [3.8, 4) is 0 Å². The molecule has 4 rings (SSSR count). The van der Waals surface area contributed by atoms with Crippen LogP contribution in [-0.2, 0) is 7.05 Å². The number of para-hydroxylation sites is 2. The lowest BCUT2D eigenvalue weighted by molar-refractivity contribution is 0.946. The normalized spacial score (nSPS) is 14.3. The Morgan fingerprint density at radius 3 is 2.73 bits per heavy atom. The Kier molecular flexibility index (Phi) is 2.96. The highest BCUT2D eigenvalue weighted by atomic mass is 15.3. The second kappa shape index (κ2) is 4.98. The molecule has 1 aromatic carbocycles. The first-order chi connectivity index (χ1) is 10.7. The molecule has 0 spiro atoms. The summed E-state index contributed by atoms with van der Waals surface area (Å²) >= 11 is 0. The zero-order chi connectivity index (χ0) is 15.1. The smallest absolute Gasteiger partial charge is 0.231 e. The first-order valence-electron chi connectivity index (χ1n) is 7.50. The van der Waals surface area contributed by atoms with Gasteiger partial charge in [0.15, 0.2) is 0 Å². The fourth-order valence-corrected chi connectivity index (χ4v) is 2.49. The van der Waals surface area contributed by atoms with Gasteiger partial charge < -0.3 is 9.88 Å². The number of fused-ring (bicyclic) bond motifs is 1. The SMILES string of the molecule is Cc1cc(NC2CC2)nc(Nc2nc3ccccc3n2C)n1. The van der Waals surface area contributed by atoms with Gasteiger partial charge in [-0.2, -0.15) is 4.98 Å². The Morgan fingerprint density at radius 1 is 1.14 bits per heavy atom. The molecule has 2 heterocycles. The molecule has 6 heteroatoms. The van der Waals surface area contributed by atoms with E-state index in [4.69, 9.17) is 0 Å². The van der Waals surface area contributed by atoms with Crippen molar-refractivity contribution < 1.29 is 0 Å². The van der Waals surface area contributed by atoms with E-state index in [1.807, 2.05) is 48.9 Å². The summed E-state index contributed by atoms with van der Waals surface area (Å²) in [6.45, 7) is 1.97. The molecule has 0 bridgehead atoms. The van der Waals surface area contributed by atoms with Gasteiger partial charge in [-0.1, -0.05) is 12.1 Å². The number of imidazole rings is 1. The van der Waals surface area contributed by atoms with Gasteiger partial charge in [0.2, 0.25) is 11.9 Å². The van der Waals surface area contributed by atoms with E-state index in [9.17, 15) is 0 Å². The van der Waals surface area contributed by atoms with Crippen molar-refractivity contribution in [1.29, 1.82) is 0 Å². The van der Waals surface area contributed by atoms with Crippen molar-refractivity contribution in [1.82, 2.24) is 19.5 Å². The van der Waals surface area contributed by atoms with Gasteiger partial charge in [0, 0.05) is 24.8 Å². The molecule has 22 heavy (non-hydrogen) atoms. The van der Waals surface area contributed by atoms with E-state index >= 15 is 0 Å². The number of hydrogen-bond donors (Lipinski definition) is 2. The van der Waals surface area contributed by atoms with Crippen LogP contribution in [0.4, 0.5) is 17.7 Å². The summed E-state index contributed by atoms with van der Waals surface area (Å²) in [5.74, 6) is 2.18. The van der Waals surface area contributed by atoms with Crippen molar-refractivity contribution >= 4 is 28.7 Å². The van der Waals surface area contributed by atoms with Crippen LogP contribution >= 0.6 is 0 Å². The molecule has 0 atom stereocenters. The van der Waals surface area contributed by atoms with Gasteiger partial charge in [0.1, 0.15) is 5.82 Å². The van der Waals surface area contributed by atoms with E-state index in [1.54, 1.807) is 0 Å². The fraction of sp³-hybridized carbons (Fsp3) is 0.312. The number of aromatic nitrogens is 4. The second-order valence-corrected chi connectivity index (χ2v) is 5.74. The van der Waals surface area contributed by atoms with E-state index in [0.717, 1.165) is 28.5 Å². The molecule has 2 N–H and O–H groups in total. The maximum Gasteiger partial charge on any atom is 0.231 e.